The highest BCUT2D eigenvalue weighted by molar-refractivity contribution is 5.99. The summed E-state index contributed by atoms with van der Waals surface area (Å²) in [4.78, 5) is 20.2. The molecule has 0 aliphatic rings. The Morgan fingerprint density at radius 1 is 1.24 bits per heavy atom. The monoisotopic (exact) mass is 288 g/mol. The SMILES string of the molecule is Nc1ncc(C(=O)NC(CO)CO)c(-c2ccccc2)n1. The number of anilines is 1. The van der Waals surface area contributed by atoms with Crippen LogP contribution in [0.4, 0.5) is 5.95 Å². The van der Waals surface area contributed by atoms with E-state index < -0.39 is 11.9 Å². The van der Waals surface area contributed by atoms with E-state index in [-0.39, 0.29) is 24.7 Å². The molecule has 2 aromatic rings. The van der Waals surface area contributed by atoms with Crippen LogP contribution in [-0.4, -0.2) is 45.3 Å². The molecular weight excluding hydrogens is 272 g/mol. The molecule has 2 rings (SSSR count). The summed E-state index contributed by atoms with van der Waals surface area (Å²) >= 11 is 0. The zero-order chi connectivity index (χ0) is 15.2. The summed E-state index contributed by atoms with van der Waals surface area (Å²) in [6, 6.07) is 8.35. The van der Waals surface area contributed by atoms with Gasteiger partial charge in [-0.25, -0.2) is 9.97 Å². The standard InChI is InChI=1S/C14H16N4O3/c15-14-16-6-11(13(21)17-10(7-19)8-20)12(18-14)9-4-2-1-3-5-9/h1-6,10,19-20H,7-8H2,(H,17,21)(H2,15,16,18). The topological polar surface area (TPSA) is 121 Å². The van der Waals surface area contributed by atoms with Gasteiger partial charge >= 0.3 is 0 Å². The van der Waals surface area contributed by atoms with E-state index in [9.17, 15) is 4.79 Å². The van der Waals surface area contributed by atoms with Gasteiger partial charge in [0.1, 0.15) is 0 Å². The van der Waals surface area contributed by atoms with Gasteiger partial charge in [0.05, 0.1) is 30.5 Å². The van der Waals surface area contributed by atoms with Gasteiger partial charge in [0, 0.05) is 11.8 Å². The van der Waals surface area contributed by atoms with E-state index in [1.807, 2.05) is 18.2 Å². The van der Waals surface area contributed by atoms with Gasteiger partial charge in [0.15, 0.2) is 0 Å². The van der Waals surface area contributed by atoms with Crippen molar-refractivity contribution in [2.45, 2.75) is 6.04 Å². The Labute approximate surface area is 121 Å². The predicted octanol–water partition coefficient (Wildman–Crippen LogP) is -0.191. The number of nitrogens with zero attached hydrogens (tertiary/aromatic N) is 2. The maximum absolute atomic E-state index is 12.2. The van der Waals surface area contributed by atoms with Crippen molar-refractivity contribution in [1.82, 2.24) is 15.3 Å². The fourth-order valence-electron chi connectivity index (χ4n) is 1.79. The van der Waals surface area contributed by atoms with Gasteiger partial charge in [0.25, 0.3) is 5.91 Å². The molecule has 5 N–H and O–H groups in total. The second-order valence-corrected chi connectivity index (χ2v) is 4.39. The number of hydrogen-bond acceptors (Lipinski definition) is 6. The van der Waals surface area contributed by atoms with E-state index in [4.69, 9.17) is 15.9 Å². The molecule has 0 saturated heterocycles. The second kappa shape index (κ2) is 6.78. The molecule has 0 unspecified atom stereocenters. The molecule has 0 radical (unpaired) electrons. The molecule has 0 aliphatic carbocycles. The van der Waals surface area contributed by atoms with E-state index in [0.717, 1.165) is 5.56 Å². The summed E-state index contributed by atoms with van der Waals surface area (Å²) in [5.74, 6) is -0.423. The Kier molecular flexibility index (Phi) is 4.81. The van der Waals surface area contributed by atoms with Gasteiger partial charge in [-0.3, -0.25) is 4.79 Å². The highest BCUT2D eigenvalue weighted by atomic mass is 16.3. The highest BCUT2D eigenvalue weighted by Gasteiger charge is 2.18. The van der Waals surface area contributed by atoms with Crippen LogP contribution in [0.5, 0.6) is 0 Å². The maximum Gasteiger partial charge on any atom is 0.255 e. The molecule has 0 fully saturated rings. The minimum Gasteiger partial charge on any atom is -0.394 e. The summed E-state index contributed by atoms with van der Waals surface area (Å²) in [7, 11) is 0. The van der Waals surface area contributed by atoms with E-state index in [1.54, 1.807) is 12.1 Å². The number of aliphatic hydroxyl groups is 2. The Bertz CT molecular complexity index is 615. The van der Waals surface area contributed by atoms with E-state index >= 15 is 0 Å². The lowest BCUT2D eigenvalue weighted by Crippen LogP contribution is -2.40. The molecule has 1 aromatic carbocycles. The summed E-state index contributed by atoms with van der Waals surface area (Å²) in [6.07, 6.45) is 1.33. The van der Waals surface area contributed by atoms with Crippen molar-refractivity contribution < 1.29 is 15.0 Å². The third kappa shape index (κ3) is 3.53. The number of aromatic nitrogens is 2. The number of nitrogens with one attached hydrogen (secondary N) is 1. The first-order valence-corrected chi connectivity index (χ1v) is 6.36. The first kappa shape index (κ1) is 14.9. The Hall–Kier alpha value is -2.51. The van der Waals surface area contributed by atoms with Crippen LogP contribution in [0.3, 0.4) is 0 Å². The number of hydrogen-bond donors (Lipinski definition) is 4. The number of carbonyl (C=O) groups excluding carboxylic acids is 1. The number of rotatable bonds is 5. The van der Waals surface area contributed by atoms with Gasteiger partial charge in [-0.15, -0.1) is 0 Å². The third-order valence-electron chi connectivity index (χ3n) is 2.88. The second-order valence-electron chi connectivity index (χ2n) is 4.39. The summed E-state index contributed by atoms with van der Waals surface area (Å²) in [6.45, 7) is -0.725. The van der Waals surface area contributed by atoms with Crippen LogP contribution in [-0.2, 0) is 0 Å². The average molecular weight is 288 g/mol. The molecule has 0 saturated carbocycles. The minimum absolute atomic E-state index is 0.0614. The molecule has 0 bridgehead atoms. The van der Waals surface area contributed by atoms with Crippen molar-refractivity contribution >= 4 is 11.9 Å². The number of nitrogen functional groups attached to an aromatic ring is 1. The first-order chi connectivity index (χ1) is 10.2. The van der Waals surface area contributed by atoms with Crippen LogP contribution in [0.25, 0.3) is 11.3 Å². The average Bonchev–Trinajstić information content (AvgIpc) is 2.53. The van der Waals surface area contributed by atoms with Gasteiger partial charge in [-0.1, -0.05) is 30.3 Å². The van der Waals surface area contributed by atoms with Gasteiger partial charge in [0.2, 0.25) is 5.95 Å². The first-order valence-electron chi connectivity index (χ1n) is 6.36. The molecule has 0 spiro atoms. The van der Waals surface area contributed by atoms with Gasteiger partial charge < -0.3 is 21.3 Å². The van der Waals surface area contributed by atoms with Crippen molar-refractivity contribution in [3.8, 4) is 11.3 Å². The Morgan fingerprint density at radius 3 is 2.52 bits per heavy atom. The molecule has 0 aliphatic heterocycles. The highest BCUT2D eigenvalue weighted by Crippen LogP contribution is 2.21. The van der Waals surface area contributed by atoms with Gasteiger partial charge in [-0.2, -0.15) is 0 Å². The van der Waals surface area contributed by atoms with Crippen LogP contribution in [0.15, 0.2) is 36.5 Å². The normalized spacial score (nSPS) is 10.6. The molecular formula is C14H16N4O3. The molecule has 110 valence electrons. The van der Waals surface area contributed by atoms with Crippen LogP contribution < -0.4 is 11.1 Å². The maximum atomic E-state index is 12.2. The lowest BCUT2D eigenvalue weighted by atomic mass is 10.1. The number of amides is 1. The van der Waals surface area contributed by atoms with Crippen LogP contribution in [0.2, 0.25) is 0 Å². The number of aliphatic hydroxyl groups excluding tert-OH is 2. The zero-order valence-electron chi connectivity index (χ0n) is 11.2. The largest absolute Gasteiger partial charge is 0.394 e. The zero-order valence-corrected chi connectivity index (χ0v) is 11.2. The molecule has 1 heterocycles. The Balaban J connectivity index is 2.38. The fraction of sp³-hybridized carbons (Fsp3) is 0.214. The van der Waals surface area contributed by atoms with E-state index in [0.29, 0.717) is 5.69 Å². The van der Waals surface area contributed by atoms with Crippen molar-refractivity contribution in [3.05, 3.63) is 42.1 Å². The third-order valence-corrected chi connectivity index (χ3v) is 2.88. The molecule has 7 heteroatoms. The summed E-state index contributed by atoms with van der Waals surface area (Å²) < 4.78 is 0. The minimum atomic E-state index is -0.737. The molecule has 0 atom stereocenters. The molecule has 7 nitrogen and oxygen atoms in total. The molecule has 1 amide bonds. The van der Waals surface area contributed by atoms with Crippen molar-refractivity contribution in [2.75, 3.05) is 18.9 Å². The lowest BCUT2D eigenvalue weighted by Gasteiger charge is -2.15. The number of benzene rings is 1. The smallest absolute Gasteiger partial charge is 0.255 e. The lowest BCUT2D eigenvalue weighted by molar-refractivity contribution is 0.0879. The van der Waals surface area contributed by atoms with Crippen molar-refractivity contribution in [3.63, 3.8) is 0 Å². The van der Waals surface area contributed by atoms with Crippen LogP contribution >= 0.6 is 0 Å². The van der Waals surface area contributed by atoms with Gasteiger partial charge in [-0.05, 0) is 0 Å². The van der Waals surface area contributed by atoms with E-state index in [1.165, 1.54) is 6.20 Å². The Morgan fingerprint density at radius 2 is 1.90 bits per heavy atom. The predicted molar refractivity (Wildman–Crippen MR) is 77.3 cm³/mol. The van der Waals surface area contributed by atoms with Crippen LogP contribution in [0, 0.1) is 0 Å². The van der Waals surface area contributed by atoms with Crippen molar-refractivity contribution in [1.29, 1.82) is 0 Å². The quantitative estimate of drug-likeness (QED) is 0.605. The van der Waals surface area contributed by atoms with Crippen molar-refractivity contribution in [2.24, 2.45) is 0 Å². The summed E-state index contributed by atoms with van der Waals surface area (Å²) in [5, 5.41) is 20.6. The number of nitrogens with two attached hydrogens (primary N) is 1. The number of carbonyl (C=O) groups is 1. The van der Waals surface area contributed by atoms with Crippen LogP contribution in [0.1, 0.15) is 10.4 Å². The molecule has 1 aromatic heterocycles. The summed E-state index contributed by atoms with van der Waals surface area (Å²) in [5.41, 5.74) is 6.93. The fourth-order valence-corrected chi connectivity index (χ4v) is 1.79. The van der Waals surface area contributed by atoms with E-state index in [2.05, 4.69) is 15.3 Å². The molecule has 21 heavy (non-hydrogen) atoms.